The Morgan fingerprint density at radius 3 is 2.58 bits per heavy atom. The molecule has 0 aromatic heterocycles. The standard InChI is InChI=1S/C15H23NO3/c1-16(11-15(18)7-3-4-8-15)10-12-5-6-13(19-2)9-14(12)17/h5-6,9,17-18H,3-4,7-8,10-11H2,1-2H3. The Morgan fingerprint density at radius 1 is 1.32 bits per heavy atom. The van der Waals surface area contributed by atoms with E-state index < -0.39 is 5.60 Å². The van der Waals surface area contributed by atoms with Crippen LogP contribution < -0.4 is 4.74 Å². The third kappa shape index (κ3) is 3.61. The molecule has 4 heteroatoms. The average molecular weight is 265 g/mol. The number of hydrogen-bond donors (Lipinski definition) is 2. The van der Waals surface area contributed by atoms with Gasteiger partial charge in [-0.05, 0) is 26.0 Å². The van der Waals surface area contributed by atoms with Gasteiger partial charge < -0.3 is 14.9 Å². The number of rotatable bonds is 5. The van der Waals surface area contributed by atoms with Gasteiger partial charge in [-0.3, -0.25) is 4.90 Å². The van der Waals surface area contributed by atoms with Crippen molar-refractivity contribution in [3.63, 3.8) is 0 Å². The predicted octanol–water partition coefficient (Wildman–Crippen LogP) is 2.14. The summed E-state index contributed by atoms with van der Waals surface area (Å²) in [4.78, 5) is 2.06. The molecule has 0 aliphatic heterocycles. The summed E-state index contributed by atoms with van der Waals surface area (Å²) in [6.07, 6.45) is 3.98. The summed E-state index contributed by atoms with van der Waals surface area (Å²) < 4.78 is 5.07. The molecule has 1 aromatic carbocycles. The van der Waals surface area contributed by atoms with Crippen molar-refractivity contribution >= 4 is 0 Å². The molecule has 1 aliphatic carbocycles. The number of aliphatic hydroxyl groups is 1. The molecule has 0 atom stereocenters. The highest BCUT2D eigenvalue weighted by Gasteiger charge is 2.32. The van der Waals surface area contributed by atoms with Crippen LogP contribution in [-0.4, -0.2) is 41.4 Å². The largest absolute Gasteiger partial charge is 0.507 e. The third-order valence-corrected chi connectivity index (χ3v) is 3.83. The Labute approximate surface area is 114 Å². The first kappa shape index (κ1) is 14.2. The quantitative estimate of drug-likeness (QED) is 0.856. The molecule has 0 unspecified atom stereocenters. The van der Waals surface area contributed by atoms with Crippen LogP contribution in [-0.2, 0) is 6.54 Å². The molecule has 1 saturated carbocycles. The Kier molecular flexibility index (Phi) is 4.32. The Hall–Kier alpha value is -1.26. The van der Waals surface area contributed by atoms with Crippen molar-refractivity contribution in [3.05, 3.63) is 23.8 Å². The van der Waals surface area contributed by atoms with Gasteiger partial charge in [-0.2, -0.15) is 0 Å². The second-order valence-corrected chi connectivity index (χ2v) is 5.60. The van der Waals surface area contributed by atoms with E-state index >= 15 is 0 Å². The highest BCUT2D eigenvalue weighted by molar-refractivity contribution is 5.39. The smallest absolute Gasteiger partial charge is 0.123 e. The summed E-state index contributed by atoms with van der Waals surface area (Å²) in [5.41, 5.74) is 0.307. The van der Waals surface area contributed by atoms with Crippen LogP contribution in [0.15, 0.2) is 18.2 Å². The fourth-order valence-electron chi connectivity index (χ4n) is 2.84. The molecule has 106 valence electrons. The first-order chi connectivity index (χ1) is 9.02. The van der Waals surface area contributed by atoms with E-state index in [9.17, 15) is 10.2 Å². The van der Waals surface area contributed by atoms with Crippen LogP contribution in [0.1, 0.15) is 31.2 Å². The number of ether oxygens (including phenoxy) is 1. The Balaban J connectivity index is 1.96. The third-order valence-electron chi connectivity index (χ3n) is 3.83. The lowest BCUT2D eigenvalue weighted by molar-refractivity contribution is 0.0143. The van der Waals surface area contributed by atoms with E-state index in [1.165, 1.54) is 0 Å². The topological polar surface area (TPSA) is 52.9 Å². The minimum absolute atomic E-state index is 0.240. The zero-order chi connectivity index (χ0) is 13.9. The average Bonchev–Trinajstić information content (AvgIpc) is 2.78. The maximum absolute atomic E-state index is 10.4. The summed E-state index contributed by atoms with van der Waals surface area (Å²) in [7, 11) is 3.55. The summed E-state index contributed by atoms with van der Waals surface area (Å²) in [6.45, 7) is 1.27. The van der Waals surface area contributed by atoms with E-state index in [4.69, 9.17) is 4.74 Å². The van der Waals surface area contributed by atoms with E-state index in [0.29, 0.717) is 18.8 Å². The van der Waals surface area contributed by atoms with Crippen molar-refractivity contribution in [2.45, 2.75) is 37.8 Å². The van der Waals surface area contributed by atoms with Gasteiger partial charge >= 0.3 is 0 Å². The molecule has 2 rings (SSSR count). The lowest BCUT2D eigenvalue weighted by atomic mass is 10.0. The maximum atomic E-state index is 10.4. The van der Waals surface area contributed by atoms with E-state index in [0.717, 1.165) is 31.2 Å². The Morgan fingerprint density at radius 2 is 2.00 bits per heavy atom. The van der Waals surface area contributed by atoms with Gasteiger partial charge in [0.2, 0.25) is 0 Å². The Bertz CT molecular complexity index is 427. The number of nitrogens with zero attached hydrogens (tertiary/aromatic N) is 1. The minimum Gasteiger partial charge on any atom is -0.507 e. The van der Waals surface area contributed by atoms with Crippen molar-refractivity contribution < 1.29 is 14.9 Å². The van der Waals surface area contributed by atoms with Crippen LogP contribution >= 0.6 is 0 Å². The van der Waals surface area contributed by atoms with Crippen LogP contribution in [0.4, 0.5) is 0 Å². The van der Waals surface area contributed by atoms with Gasteiger partial charge in [0.1, 0.15) is 11.5 Å². The number of phenols is 1. The van der Waals surface area contributed by atoms with E-state index in [1.54, 1.807) is 13.2 Å². The highest BCUT2D eigenvalue weighted by Crippen LogP contribution is 2.31. The van der Waals surface area contributed by atoms with E-state index in [1.807, 2.05) is 19.2 Å². The molecular formula is C15H23NO3. The molecule has 0 heterocycles. The van der Waals surface area contributed by atoms with Crippen LogP contribution in [0.3, 0.4) is 0 Å². The second-order valence-electron chi connectivity index (χ2n) is 5.60. The van der Waals surface area contributed by atoms with Gasteiger partial charge in [-0.1, -0.05) is 18.9 Å². The van der Waals surface area contributed by atoms with Gasteiger partial charge in [-0.15, -0.1) is 0 Å². The van der Waals surface area contributed by atoms with Gasteiger partial charge in [0.05, 0.1) is 12.7 Å². The first-order valence-corrected chi connectivity index (χ1v) is 6.79. The van der Waals surface area contributed by atoms with Crippen molar-refractivity contribution in [2.75, 3.05) is 20.7 Å². The fourth-order valence-corrected chi connectivity index (χ4v) is 2.84. The summed E-state index contributed by atoms with van der Waals surface area (Å²) in [5.74, 6) is 0.892. The van der Waals surface area contributed by atoms with Crippen LogP contribution in [0.2, 0.25) is 0 Å². The number of phenolic OH excluding ortho intramolecular Hbond substituents is 1. The van der Waals surface area contributed by atoms with Gasteiger partial charge in [-0.25, -0.2) is 0 Å². The van der Waals surface area contributed by atoms with Crippen LogP contribution in [0.5, 0.6) is 11.5 Å². The summed E-state index contributed by atoms with van der Waals surface area (Å²) in [5, 5.41) is 20.3. The number of aromatic hydroxyl groups is 1. The zero-order valence-electron chi connectivity index (χ0n) is 11.7. The van der Waals surface area contributed by atoms with E-state index in [2.05, 4.69) is 4.90 Å². The molecule has 0 amide bonds. The van der Waals surface area contributed by atoms with E-state index in [-0.39, 0.29) is 5.75 Å². The molecule has 4 nitrogen and oxygen atoms in total. The van der Waals surface area contributed by atoms with Gasteiger partial charge in [0.25, 0.3) is 0 Å². The van der Waals surface area contributed by atoms with Crippen molar-refractivity contribution in [3.8, 4) is 11.5 Å². The molecule has 1 aromatic rings. The molecule has 2 N–H and O–H groups in total. The molecule has 0 saturated heterocycles. The normalized spacial score (nSPS) is 17.9. The minimum atomic E-state index is -0.545. The van der Waals surface area contributed by atoms with Gasteiger partial charge in [0, 0.05) is 24.7 Å². The lowest BCUT2D eigenvalue weighted by Gasteiger charge is -2.28. The van der Waals surface area contributed by atoms with Gasteiger partial charge in [0.15, 0.2) is 0 Å². The molecule has 19 heavy (non-hydrogen) atoms. The molecule has 1 fully saturated rings. The predicted molar refractivity (Wildman–Crippen MR) is 74.4 cm³/mol. The molecule has 0 bridgehead atoms. The maximum Gasteiger partial charge on any atom is 0.123 e. The fraction of sp³-hybridized carbons (Fsp3) is 0.600. The molecular weight excluding hydrogens is 242 g/mol. The zero-order valence-corrected chi connectivity index (χ0v) is 11.7. The first-order valence-electron chi connectivity index (χ1n) is 6.79. The highest BCUT2D eigenvalue weighted by atomic mass is 16.5. The number of hydrogen-bond acceptors (Lipinski definition) is 4. The van der Waals surface area contributed by atoms with Crippen LogP contribution in [0, 0.1) is 0 Å². The number of benzene rings is 1. The van der Waals surface area contributed by atoms with Crippen molar-refractivity contribution in [2.24, 2.45) is 0 Å². The lowest BCUT2D eigenvalue weighted by Crippen LogP contribution is -2.38. The monoisotopic (exact) mass is 265 g/mol. The van der Waals surface area contributed by atoms with Crippen molar-refractivity contribution in [1.29, 1.82) is 0 Å². The summed E-state index contributed by atoms with van der Waals surface area (Å²) >= 11 is 0. The van der Waals surface area contributed by atoms with Crippen LogP contribution in [0.25, 0.3) is 0 Å². The second kappa shape index (κ2) is 5.80. The van der Waals surface area contributed by atoms with Crippen molar-refractivity contribution in [1.82, 2.24) is 4.90 Å². The summed E-state index contributed by atoms with van der Waals surface area (Å²) in [6, 6.07) is 5.32. The number of likely N-dealkylation sites (N-methyl/N-ethyl adjacent to an activating group) is 1. The molecule has 0 spiro atoms. The number of methoxy groups -OCH3 is 1. The molecule has 0 radical (unpaired) electrons. The SMILES string of the molecule is COc1ccc(CN(C)CC2(O)CCCC2)c(O)c1. The molecule has 1 aliphatic rings.